The molecule has 1 unspecified atom stereocenters. The second kappa shape index (κ2) is 7.85. The van der Waals surface area contributed by atoms with E-state index in [1.807, 2.05) is 20.8 Å². The fraction of sp³-hybridized carbons (Fsp3) is 0.824. The number of carboxylic acid groups (broad SMARTS) is 1. The molecule has 24 heavy (non-hydrogen) atoms. The van der Waals surface area contributed by atoms with Crippen LogP contribution in [-0.2, 0) is 9.59 Å². The molecule has 0 spiro atoms. The molecule has 3 amide bonds. The van der Waals surface area contributed by atoms with Crippen LogP contribution in [0.25, 0.3) is 0 Å². The number of aliphatic carboxylic acids is 1. The van der Waals surface area contributed by atoms with Gasteiger partial charge in [0.2, 0.25) is 5.91 Å². The molecule has 2 saturated heterocycles. The Morgan fingerprint density at radius 2 is 1.88 bits per heavy atom. The first-order chi connectivity index (χ1) is 11.3. The number of rotatable bonds is 4. The van der Waals surface area contributed by atoms with E-state index in [2.05, 4.69) is 5.32 Å². The minimum atomic E-state index is -0.837. The highest BCUT2D eigenvalue weighted by atomic mass is 16.4. The summed E-state index contributed by atoms with van der Waals surface area (Å²) in [6, 6.07) is -0.112. The zero-order valence-corrected chi connectivity index (χ0v) is 14.8. The van der Waals surface area contributed by atoms with Gasteiger partial charge in [-0.05, 0) is 24.7 Å². The zero-order chi connectivity index (χ0) is 17.9. The molecule has 2 fully saturated rings. The van der Waals surface area contributed by atoms with Gasteiger partial charge >= 0.3 is 12.0 Å². The normalized spacial score (nSPS) is 27.4. The van der Waals surface area contributed by atoms with E-state index >= 15 is 0 Å². The van der Waals surface area contributed by atoms with Crippen molar-refractivity contribution in [2.75, 3.05) is 32.7 Å². The average Bonchev–Trinajstić information content (AvgIpc) is 2.94. The first-order valence-electron chi connectivity index (χ1n) is 8.84. The molecule has 2 rings (SSSR count). The highest BCUT2D eigenvalue weighted by Gasteiger charge is 2.40. The summed E-state index contributed by atoms with van der Waals surface area (Å²) in [5.41, 5.74) is 0. The van der Waals surface area contributed by atoms with Gasteiger partial charge in [-0.25, -0.2) is 4.79 Å². The number of hydrogen-bond acceptors (Lipinski definition) is 3. The maximum absolute atomic E-state index is 12.7. The second-order valence-electron chi connectivity index (χ2n) is 7.53. The third kappa shape index (κ3) is 4.39. The van der Waals surface area contributed by atoms with Gasteiger partial charge in [0.1, 0.15) is 0 Å². The van der Waals surface area contributed by atoms with E-state index in [1.54, 1.807) is 9.80 Å². The molecule has 2 heterocycles. The number of carbonyl (C=O) groups excluding carboxylic acids is 2. The quantitative estimate of drug-likeness (QED) is 0.806. The second-order valence-corrected chi connectivity index (χ2v) is 7.53. The molecule has 0 aromatic rings. The minimum absolute atomic E-state index is 0.00744. The number of piperidine rings is 1. The minimum Gasteiger partial charge on any atom is -0.481 e. The Balaban J connectivity index is 1.91. The van der Waals surface area contributed by atoms with E-state index < -0.39 is 11.9 Å². The lowest BCUT2D eigenvalue weighted by molar-refractivity contribution is -0.142. The highest BCUT2D eigenvalue weighted by Crippen LogP contribution is 2.27. The maximum Gasteiger partial charge on any atom is 0.317 e. The molecule has 7 heteroatoms. The Kier molecular flexibility index (Phi) is 6.07. The van der Waals surface area contributed by atoms with E-state index in [0.29, 0.717) is 32.1 Å². The van der Waals surface area contributed by atoms with Gasteiger partial charge in [0.25, 0.3) is 0 Å². The van der Waals surface area contributed by atoms with Crippen molar-refractivity contribution < 1.29 is 19.5 Å². The van der Waals surface area contributed by atoms with Gasteiger partial charge in [-0.1, -0.05) is 20.8 Å². The summed E-state index contributed by atoms with van der Waals surface area (Å²) in [5, 5.41) is 12.1. The molecule has 0 aromatic carbocycles. The number of likely N-dealkylation sites (tertiary alicyclic amines) is 2. The van der Waals surface area contributed by atoms with E-state index in [9.17, 15) is 19.5 Å². The number of hydrogen-bond donors (Lipinski definition) is 2. The summed E-state index contributed by atoms with van der Waals surface area (Å²) in [7, 11) is 0. The molecule has 136 valence electrons. The van der Waals surface area contributed by atoms with Crippen molar-refractivity contribution in [3.8, 4) is 0 Å². The number of nitrogens with one attached hydrogen (secondary N) is 1. The number of carbonyl (C=O) groups is 3. The molecular formula is C17H29N3O4. The van der Waals surface area contributed by atoms with Crippen LogP contribution in [0.2, 0.25) is 0 Å². The standard InChI is InChI=1S/C17H29N3O4/c1-11(2)7-18-17(24)19-6-4-5-13(9-19)15(21)20-8-12(3)14(10-20)16(22)23/h11-14H,4-10H2,1-3H3,(H,18,24)(H,22,23)/t12-,13?,14-/m1/s1. The van der Waals surface area contributed by atoms with Crippen LogP contribution in [0.4, 0.5) is 4.79 Å². The van der Waals surface area contributed by atoms with E-state index in [4.69, 9.17) is 0 Å². The van der Waals surface area contributed by atoms with E-state index in [1.165, 1.54) is 0 Å². The van der Waals surface area contributed by atoms with Crippen molar-refractivity contribution >= 4 is 17.9 Å². The lowest BCUT2D eigenvalue weighted by atomic mass is 9.97. The van der Waals surface area contributed by atoms with Gasteiger partial charge in [0.15, 0.2) is 0 Å². The van der Waals surface area contributed by atoms with Gasteiger partial charge in [0.05, 0.1) is 11.8 Å². The molecule has 7 nitrogen and oxygen atoms in total. The van der Waals surface area contributed by atoms with Crippen LogP contribution in [0, 0.1) is 23.7 Å². The van der Waals surface area contributed by atoms with Gasteiger partial charge in [-0.3, -0.25) is 9.59 Å². The first kappa shape index (κ1) is 18.5. The molecule has 0 bridgehead atoms. The lowest BCUT2D eigenvalue weighted by Gasteiger charge is -2.34. The summed E-state index contributed by atoms with van der Waals surface area (Å²) in [6.45, 7) is 8.44. The van der Waals surface area contributed by atoms with Crippen LogP contribution in [0.1, 0.15) is 33.6 Å². The van der Waals surface area contributed by atoms with Crippen molar-refractivity contribution in [3.63, 3.8) is 0 Å². The fourth-order valence-corrected chi connectivity index (χ4v) is 3.49. The highest BCUT2D eigenvalue weighted by molar-refractivity contribution is 5.82. The molecule has 2 aliphatic heterocycles. The largest absolute Gasteiger partial charge is 0.481 e. The summed E-state index contributed by atoms with van der Waals surface area (Å²) in [6.07, 6.45) is 1.56. The van der Waals surface area contributed by atoms with Crippen molar-refractivity contribution in [3.05, 3.63) is 0 Å². The van der Waals surface area contributed by atoms with Crippen LogP contribution in [0.3, 0.4) is 0 Å². The summed E-state index contributed by atoms with van der Waals surface area (Å²) in [4.78, 5) is 39.5. The predicted molar refractivity (Wildman–Crippen MR) is 89.4 cm³/mol. The van der Waals surface area contributed by atoms with E-state index in [0.717, 1.165) is 12.8 Å². The van der Waals surface area contributed by atoms with Gasteiger partial charge in [-0.15, -0.1) is 0 Å². The fourth-order valence-electron chi connectivity index (χ4n) is 3.49. The predicted octanol–water partition coefficient (Wildman–Crippen LogP) is 1.24. The molecule has 3 atom stereocenters. The van der Waals surface area contributed by atoms with Crippen LogP contribution >= 0.6 is 0 Å². The Bertz CT molecular complexity index is 494. The summed E-state index contributed by atoms with van der Waals surface area (Å²) in [5.74, 6) is -1.19. The molecule has 0 saturated carbocycles. The van der Waals surface area contributed by atoms with Crippen molar-refractivity contribution in [1.82, 2.24) is 15.1 Å². The number of carboxylic acids is 1. The zero-order valence-electron chi connectivity index (χ0n) is 14.8. The maximum atomic E-state index is 12.7. The van der Waals surface area contributed by atoms with Crippen LogP contribution in [-0.4, -0.2) is 65.5 Å². The Morgan fingerprint density at radius 3 is 2.46 bits per heavy atom. The Morgan fingerprint density at radius 1 is 1.17 bits per heavy atom. The monoisotopic (exact) mass is 339 g/mol. The Hall–Kier alpha value is -1.79. The SMILES string of the molecule is CC(C)CNC(=O)N1CCCC(C(=O)N2C[C@@H](C)[C@H](C(=O)O)C2)C1. The molecule has 0 aromatic heterocycles. The molecule has 0 radical (unpaired) electrons. The third-order valence-electron chi connectivity index (χ3n) is 4.96. The van der Waals surface area contributed by atoms with E-state index in [-0.39, 0.29) is 30.3 Å². The average molecular weight is 339 g/mol. The molecular weight excluding hydrogens is 310 g/mol. The van der Waals surface area contributed by atoms with Gasteiger partial charge in [-0.2, -0.15) is 0 Å². The van der Waals surface area contributed by atoms with Crippen LogP contribution in [0.15, 0.2) is 0 Å². The Labute approximate surface area is 143 Å². The van der Waals surface area contributed by atoms with Crippen LogP contribution in [0.5, 0.6) is 0 Å². The smallest absolute Gasteiger partial charge is 0.317 e. The lowest BCUT2D eigenvalue weighted by Crippen LogP contribution is -2.50. The molecule has 2 aliphatic rings. The summed E-state index contributed by atoms with van der Waals surface area (Å²) >= 11 is 0. The molecule has 2 N–H and O–H groups in total. The number of nitrogens with zero attached hydrogens (tertiary/aromatic N) is 2. The number of urea groups is 1. The first-order valence-corrected chi connectivity index (χ1v) is 8.84. The van der Waals surface area contributed by atoms with Crippen LogP contribution < -0.4 is 5.32 Å². The topological polar surface area (TPSA) is 90.0 Å². The van der Waals surface area contributed by atoms with Crippen molar-refractivity contribution in [2.24, 2.45) is 23.7 Å². The summed E-state index contributed by atoms with van der Waals surface area (Å²) < 4.78 is 0. The van der Waals surface area contributed by atoms with Crippen molar-refractivity contribution in [1.29, 1.82) is 0 Å². The van der Waals surface area contributed by atoms with Gasteiger partial charge in [0, 0.05) is 32.7 Å². The van der Waals surface area contributed by atoms with Crippen molar-refractivity contribution in [2.45, 2.75) is 33.6 Å². The third-order valence-corrected chi connectivity index (χ3v) is 4.96. The molecule has 0 aliphatic carbocycles. The van der Waals surface area contributed by atoms with Gasteiger partial charge < -0.3 is 20.2 Å². The number of amides is 3.